The van der Waals surface area contributed by atoms with E-state index in [4.69, 9.17) is 35.4 Å². The van der Waals surface area contributed by atoms with Gasteiger partial charge in [-0.1, -0.05) is 29.3 Å². The molecule has 18 heavy (non-hydrogen) atoms. The van der Waals surface area contributed by atoms with Crippen LogP contribution < -0.4 is 10.7 Å². The van der Waals surface area contributed by atoms with Crippen LogP contribution in [-0.2, 0) is 0 Å². The van der Waals surface area contributed by atoms with E-state index in [1.165, 1.54) is 0 Å². The molecule has 98 valence electrons. The molecule has 0 heterocycles. The van der Waals surface area contributed by atoms with Gasteiger partial charge in [-0.15, -0.1) is 0 Å². The van der Waals surface area contributed by atoms with Crippen molar-refractivity contribution in [3.63, 3.8) is 0 Å². The summed E-state index contributed by atoms with van der Waals surface area (Å²) >= 11 is 17.0. The second kappa shape index (κ2) is 6.92. The minimum Gasteiger partial charge on any atom is -0.359 e. The van der Waals surface area contributed by atoms with Crippen molar-refractivity contribution < 1.29 is 0 Å². The van der Waals surface area contributed by atoms with Gasteiger partial charge in [0, 0.05) is 16.6 Å². The Bertz CT molecular complexity index is 472. The topological polar surface area (TPSA) is 36.4 Å². The highest BCUT2D eigenvalue weighted by molar-refractivity contribution is 7.80. The number of nitrogens with zero attached hydrogens (tertiary/aromatic N) is 1. The summed E-state index contributed by atoms with van der Waals surface area (Å²) < 4.78 is 0. The first-order valence-electron chi connectivity index (χ1n) is 5.46. The lowest BCUT2D eigenvalue weighted by atomic mass is 10.1. The zero-order chi connectivity index (χ0) is 13.7. The highest BCUT2D eigenvalue weighted by atomic mass is 35.5. The molecule has 1 aromatic rings. The fourth-order valence-corrected chi connectivity index (χ4v) is 2.10. The van der Waals surface area contributed by atoms with Crippen LogP contribution >= 0.6 is 35.4 Å². The molecule has 0 radical (unpaired) electrons. The molecule has 3 nitrogen and oxygen atoms in total. The Balaban J connectivity index is 2.74. The molecular formula is C12H15Cl2N3S. The summed E-state index contributed by atoms with van der Waals surface area (Å²) in [6, 6.07) is 5.54. The van der Waals surface area contributed by atoms with Gasteiger partial charge in [0.2, 0.25) is 0 Å². The molecule has 0 bridgehead atoms. The minimum atomic E-state index is 0.264. The summed E-state index contributed by atoms with van der Waals surface area (Å²) in [7, 11) is 0. The van der Waals surface area contributed by atoms with E-state index in [0.29, 0.717) is 15.2 Å². The van der Waals surface area contributed by atoms with Crippen molar-refractivity contribution in [1.29, 1.82) is 0 Å². The Kier molecular flexibility index (Phi) is 5.85. The van der Waals surface area contributed by atoms with Crippen LogP contribution in [0.3, 0.4) is 0 Å². The van der Waals surface area contributed by atoms with Gasteiger partial charge in [-0.25, -0.2) is 0 Å². The first-order valence-corrected chi connectivity index (χ1v) is 6.62. The van der Waals surface area contributed by atoms with Crippen LogP contribution in [0.25, 0.3) is 0 Å². The third kappa shape index (κ3) is 4.80. The number of thiocarbonyl (C=S) groups is 1. The molecule has 6 heteroatoms. The first kappa shape index (κ1) is 15.2. The third-order valence-electron chi connectivity index (χ3n) is 2.07. The lowest BCUT2D eigenvalue weighted by Gasteiger charge is -2.11. The molecule has 0 aliphatic rings. The summed E-state index contributed by atoms with van der Waals surface area (Å²) in [6.07, 6.45) is 0. The molecule has 0 aliphatic carbocycles. The van der Waals surface area contributed by atoms with E-state index in [-0.39, 0.29) is 6.04 Å². The van der Waals surface area contributed by atoms with Crippen LogP contribution in [-0.4, -0.2) is 16.9 Å². The van der Waals surface area contributed by atoms with Crippen molar-refractivity contribution in [2.45, 2.75) is 26.8 Å². The van der Waals surface area contributed by atoms with Crippen molar-refractivity contribution in [3.05, 3.63) is 33.8 Å². The van der Waals surface area contributed by atoms with E-state index in [1.807, 2.05) is 26.8 Å². The van der Waals surface area contributed by atoms with Crippen LogP contribution in [0.1, 0.15) is 26.3 Å². The Morgan fingerprint density at radius 2 is 2.00 bits per heavy atom. The maximum absolute atomic E-state index is 6.08. The number of hydrogen-bond donors (Lipinski definition) is 2. The van der Waals surface area contributed by atoms with E-state index < -0.39 is 0 Å². The molecule has 0 aliphatic heterocycles. The summed E-state index contributed by atoms with van der Waals surface area (Å²) in [6.45, 7) is 5.85. The average Bonchev–Trinajstić information content (AvgIpc) is 2.25. The van der Waals surface area contributed by atoms with Crippen molar-refractivity contribution in [1.82, 2.24) is 10.7 Å². The van der Waals surface area contributed by atoms with Gasteiger partial charge in [0.15, 0.2) is 5.11 Å². The van der Waals surface area contributed by atoms with Crippen molar-refractivity contribution >= 4 is 46.2 Å². The SMILES string of the molecule is C/C(=N\NC(=S)NC(C)C)c1ccc(Cl)cc1Cl. The Labute approximate surface area is 123 Å². The minimum absolute atomic E-state index is 0.264. The predicted octanol–water partition coefficient (Wildman–Crippen LogP) is 3.59. The number of hydrogen-bond acceptors (Lipinski definition) is 2. The van der Waals surface area contributed by atoms with Crippen LogP contribution in [0.5, 0.6) is 0 Å². The van der Waals surface area contributed by atoms with Gasteiger partial charge in [-0.3, -0.25) is 5.43 Å². The molecule has 1 aromatic carbocycles. The van der Waals surface area contributed by atoms with Crippen molar-refractivity contribution in [3.8, 4) is 0 Å². The maximum Gasteiger partial charge on any atom is 0.187 e. The number of hydrazone groups is 1. The van der Waals surface area contributed by atoms with E-state index in [9.17, 15) is 0 Å². The fraction of sp³-hybridized carbons (Fsp3) is 0.333. The molecule has 0 spiro atoms. The molecule has 0 fully saturated rings. The summed E-state index contributed by atoms with van der Waals surface area (Å²) in [5, 5.41) is 8.85. The van der Waals surface area contributed by atoms with Crippen molar-refractivity contribution in [2.75, 3.05) is 0 Å². The smallest absolute Gasteiger partial charge is 0.187 e. The highest BCUT2D eigenvalue weighted by Gasteiger charge is 2.05. The number of halogens is 2. The predicted molar refractivity (Wildman–Crippen MR) is 82.7 cm³/mol. The van der Waals surface area contributed by atoms with Gasteiger partial charge in [0.25, 0.3) is 0 Å². The maximum atomic E-state index is 6.08. The number of benzene rings is 1. The monoisotopic (exact) mass is 303 g/mol. The van der Waals surface area contributed by atoms with Crippen LogP contribution in [0.4, 0.5) is 0 Å². The number of rotatable bonds is 3. The van der Waals surface area contributed by atoms with E-state index in [0.717, 1.165) is 11.3 Å². The van der Waals surface area contributed by atoms with Crippen LogP contribution in [0.15, 0.2) is 23.3 Å². The molecule has 0 atom stereocenters. The first-order chi connectivity index (χ1) is 8.40. The Morgan fingerprint density at radius 3 is 2.56 bits per heavy atom. The van der Waals surface area contributed by atoms with E-state index >= 15 is 0 Å². The van der Waals surface area contributed by atoms with Gasteiger partial charge < -0.3 is 5.32 Å². The summed E-state index contributed by atoms with van der Waals surface area (Å²) in [5.74, 6) is 0. The quantitative estimate of drug-likeness (QED) is 0.509. The van der Waals surface area contributed by atoms with Gasteiger partial charge in [-0.2, -0.15) is 5.10 Å². The molecule has 2 N–H and O–H groups in total. The summed E-state index contributed by atoms with van der Waals surface area (Å²) in [4.78, 5) is 0. The number of nitrogens with one attached hydrogen (secondary N) is 2. The molecule has 0 aromatic heterocycles. The lowest BCUT2D eigenvalue weighted by molar-refractivity contribution is 0.719. The van der Waals surface area contributed by atoms with Gasteiger partial charge in [0.1, 0.15) is 0 Å². The Hall–Kier alpha value is -0.840. The largest absolute Gasteiger partial charge is 0.359 e. The molecular weight excluding hydrogens is 289 g/mol. The normalized spacial score (nSPS) is 11.6. The van der Waals surface area contributed by atoms with E-state index in [2.05, 4.69) is 15.8 Å². The van der Waals surface area contributed by atoms with Gasteiger partial charge in [-0.05, 0) is 45.1 Å². The van der Waals surface area contributed by atoms with E-state index in [1.54, 1.807) is 12.1 Å². The zero-order valence-corrected chi connectivity index (χ0v) is 12.7. The molecule has 1 rings (SSSR count). The Morgan fingerprint density at radius 1 is 1.33 bits per heavy atom. The second-order valence-corrected chi connectivity index (χ2v) is 5.31. The van der Waals surface area contributed by atoms with Gasteiger partial charge >= 0.3 is 0 Å². The zero-order valence-electron chi connectivity index (χ0n) is 10.4. The highest BCUT2D eigenvalue weighted by Crippen LogP contribution is 2.21. The molecule has 0 unspecified atom stereocenters. The summed E-state index contributed by atoms with van der Waals surface area (Å²) in [5.41, 5.74) is 4.33. The van der Waals surface area contributed by atoms with Gasteiger partial charge in [0.05, 0.1) is 10.7 Å². The lowest BCUT2D eigenvalue weighted by Crippen LogP contribution is -2.37. The second-order valence-electron chi connectivity index (χ2n) is 4.06. The van der Waals surface area contributed by atoms with Crippen molar-refractivity contribution in [2.24, 2.45) is 5.10 Å². The fourth-order valence-electron chi connectivity index (χ4n) is 1.27. The van der Waals surface area contributed by atoms with Crippen LogP contribution in [0.2, 0.25) is 10.0 Å². The molecule has 0 saturated heterocycles. The standard InChI is InChI=1S/C12H15Cl2N3S/c1-7(2)15-12(18)17-16-8(3)10-5-4-9(13)6-11(10)14/h4-7H,1-3H3,(H2,15,17,18)/b16-8+. The third-order valence-corrected chi connectivity index (χ3v) is 2.82. The average molecular weight is 304 g/mol. The molecule has 0 amide bonds. The van der Waals surface area contributed by atoms with Crippen LogP contribution in [0, 0.1) is 0 Å². The molecule has 0 saturated carbocycles.